The number of aromatic nitrogens is 3. The summed E-state index contributed by atoms with van der Waals surface area (Å²) < 4.78 is 2.00. The summed E-state index contributed by atoms with van der Waals surface area (Å²) in [5, 5.41) is 12.0. The first-order valence-electron chi connectivity index (χ1n) is 10.3. The molecule has 3 heterocycles. The molecule has 1 aliphatic heterocycles. The summed E-state index contributed by atoms with van der Waals surface area (Å²) in [7, 11) is 1.84. The molecule has 1 N–H and O–H groups in total. The fourth-order valence-electron chi connectivity index (χ4n) is 4.13. The third-order valence-electron chi connectivity index (χ3n) is 5.63. The number of nitrogens with zero attached hydrogens (tertiary/aromatic N) is 6. The molecule has 0 amide bonds. The maximum absolute atomic E-state index is 4.49. The molecule has 0 saturated carbocycles. The highest BCUT2D eigenvalue weighted by Gasteiger charge is 2.25. The van der Waals surface area contributed by atoms with E-state index in [0.717, 1.165) is 50.0 Å². The van der Waals surface area contributed by atoms with Crippen LogP contribution in [0.4, 0.5) is 0 Å². The van der Waals surface area contributed by atoms with Crippen molar-refractivity contribution in [2.45, 2.75) is 25.9 Å². The van der Waals surface area contributed by atoms with Crippen LogP contribution in [0.3, 0.4) is 0 Å². The molecule has 7 nitrogen and oxygen atoms in total. The number of nitrogens with one attached hydrogen (secondary N) is 1. The highest BCUT2D eigenvalue weighted by Crippen LogP contribution is 2.25. The van der Waals surface area contributed by atoms with E-state index in [1.807, 2.05) is 35.8 Å². The molecule has 1 saturated heterocycles. The summed E-state index contributed by atoms with van der Waals surface area (Å²) in [6.45, 7) is 6.85. The normalized spacial score (nSPS) is 16.9. The molecule has 29 heavy (non-hydrogen) atoms. The zero-order valence-electron chi connectivity index (χ0n) is 17.2. The third kappa shape index (κ3) is 4.24. The zero-order chi connectivity index (χ0) is 20.1. The number of fused-ring (bicyclic) bond motifs is 1. The highest BCUT2D eigenvalue weighted by atomic mass is 15.4. The highest BCUT2D eigenvalue weighted by molar-refractivity contribution is 5.79. The van der Waals surface area contributed by atoms with E-state index in [9.17, 15) is 0 Å². The van der Waals surface area contributed by atoms with Gasteiger partial charge in [-0.3, -0.25) is 14.3 Å². The average molecular weight is 392 g/mol. The van der Waals surface area contributed by atoms with Crippen LogP contribution in [0.5, 0.6) is 0 Å². The van der Waals surface area contributed by atoms with Crippen molar-refractivity contribution in [1.29, 1.82) is 0 Å². The number of rotatable bonds is 5. The molecule has 7 heteroatoms. The van der Waals surface area contributed by atoms with E-state index in [4.69, 9.17) is 0 Å². The fraction of sp³-hybridized carbons (Fsp3) is 0.409. The van der Waals surface area contributed by atoms with Crippen molar-refractivity contribution < 1.29 is 0 Å². The minimum Gasteiger partial charge on any atom is -0.349 e. The number of piperazine rings is 1. The van der Waals surface area contributed by atoms with E-state index in [2.05, 4.69) is 67.6 Å². The van der Waals surface area contributed by atoms with Crippen LogP contribution in [0.25, 0.3) is 5.65 Å². The largest absolute Gasteiger partial charge is 0.349 e. The van der Waals surface area contributed by atoms with Crippen molar-refractivity contribution in [3.8, 4) is 0 Å². The molecule has 1 aliphatic rings. The van der Waals surface area contributed by atoms with Crippen LogP contribution in [0.2, 0.25) is 0 Å². The van der Waals surface area contributed by atoms with Gasteiger partial charge in [-0.1, -0.05) is 43.3 Å². The summed E-state index contributed by atoms with van der Waals surface area (Å²) in [6, 6.07) is 17.2. The first-order chi connectivity index (χ1) is 14.3. The SMILES string of the molecule is CCC(c1ccccc1)N1CCN(C(=NC)NCc2nnc3ccccn23)CC1. The number of guanidine groups is 1. The van der Waals surface area contributed by atoms with Gasteiger partial charge in [0.05, 0.1) is 6.54 Å². The maximum Gasteiger partial charge on any atom is 0.194 e. The average Bonchev–Trinajstić information content (AvgIpc) is 3.20. The lowest BCUT2D eigenvalue weighted by molar-refractivity contribution is 0.127. The van der Waals surface area contributed by atoms with Gasteiger partial charge in [0.15, 0.2) is 17.4 Å². The van der Waals surface area contributed by atoms with E-state index >= 15 is 0 Å². The molecule has 1 fully saturated rings. The number of hydrogen-bond donors (Lipinski definition) is 1. The predicted octanol–water partition coefficient (Wildman–Crippen LogP) is 2.57. The van der Waals surface area contributed by atoms with Crippen LogP contribution >= 0.6 is 0 Å². The van der Waals surface area contributed by atoms with E-state index < -0.39 is 0 Å². The van der Waals surface area contributed by atoms with Crippen molar-refractivity contribution in [1.82, 2.24) is 29.7 Å². The topological polar surface area (TPSA) is 61.1 Å². The summed E-state index contributed by atoms with van der Waals surface area (Å²) in [5.41, 5.74) is 2.27. The van der Waals surface area contributed by atoms with Gasteiger partial charge in [-0.25, -0.2) is 0 Å². The Labute approximate surface area is 172 Å². The van der Waals surface area contributed by atoms with E-state index in [1.165, 1.54) is 5.56 Å². The first kappa shape index (κ1) is 19.4. The Morgan fingerprint density at radius 1 is 1.03 bits per heavy atom. The van der Waals surface area contributed by atoms with Gasteiger partial charge in [0.25, 0.3) is 0 Å². The molecule has 1 atom stereocenters. The Balaban J connectivity index is 1.35. The molecule has 0 aliphatic carbocycles. The maximum atomic E-state index is 4.49. The summed E-state index contributed by atoms with van der Waals surface area (Å²) in [4.78, 5) is 9.41. The zero-order valence-corrected chi connectivity index (χ0v) is 17.2. The monoisotopic (exact) mass is 391 g/mol. The Bertz CT molecular complexity index is 942. The molecule has 0 spiro atoms. The second kappa shape index (κ2) is 9.05. The number of benzene rings is 1. The molecule has 1 aromatic carbocycles. The van der Waals surface area contributed by atoms with Crippen LogP contribution < -0.4 is 5.32 Å². The first-order valence-corrected chi connectivity index (χ1v) is 10.3. The Morgan fingerprint density at radius 2 is 1.79 bits per heavy atom. The van der Waals surface area contributed by atoms with Crippen molar-refractivity contribution in [2.75, 3.05) is 33.2 Å². The van der Waals surface area contributed by atoms with Crippen LogP contribution in [-0.2, 0) is 6.54 Å². The molecular weight excluding hydrogens is 362 g/mol. The summed E-state index contributed by atoms with van der Waals surface area (Å²) in [5.74, 6) is 1.81. The Hall–Kier alpha value is -2.93. The number of pyridine rings is 1. The Kier molecular flexibility index (Phi) is 6.05. The lowest BCUT2D eigenvalue weighted by atomic mass is 10.0. The molecule has 2 aromatic heterocycles. The molecule has 4 rings (SSSR count). The van der Waals surface area contributed by atoms with Crippen molar-refractivity contribution in [2.24, 2.45) is 4.99 Å². The van der Waals surface area contributed by atoms with Gasteiger partial charge in [0, 0.05) is 45.5 Å². The van der Waals surface area contributed by atoms with E-state index in [0.29, 0.717) is 12.6 Å². The Morgan fingerprint density at radius 3 is 2.52 bits per heavy atom. The van der Waals surface area contributed by atoms with Crippen molar-refractivity contribution >= 4 is 11.6 Å². The molecule has 152 valence electrons. The fourth-order valence-corrected chi connectivity index (χ4v) is 4.13. The van der Waals surface area contributed by atoms with Crippen LogP contribution in [0.15, 0.2) is 59.7 Å². The molecule has 3 aromatic rings. The summed E-state index contributed by atoms with van der Waals surface area (Å²) in [6.07, 6.45) is 3.11. The van der Waals surface area contributed by atoms with Gasteiger partial charge >= 0.3 is 0 Å². The molecule has 1 unspecified atom stereocenters. The standard InChI is InChI=1S/C22H29N7/c1-3-19(18-9-5-4-6-10-18)27-13-15-28(16-14-27)22(23-2)24-17-21-26-25-20-11-7-8-12-29(20)21/h4-12,19H,3,13-17H2,1-2H3,(H,23,24). The van der Waals surface area contributed by atoms with Crippen LogP contribution in [0, 0.1) is 0 Å². The lowest BCUT2D eigenvalue weighted by Crippen LogP contribution is -2.53. The van der Waals surface area contributed by atoms with Crippen molar-refractivity contribution in [3.05, 3.63) is 66.1 Å². The quantitative estimate of drug-likeness (QED) is 0.535. The van der Waals surface area contributed by atoms with Gasteiger partial charge < -0.3 is 10.2 Å². The second-order valence-electron chi connectivity index (χ2n) is 7.30. The second-order valence-corrected chi connectivity index (χ2v) is 7.30. The smallest absolute Gasteiger partial charge is 0.194 e. The van der Waals surface area contributed by atoms with Crippen molar-refractivity contribution in [3.63, 3.8) is 0 Å². The van der Waals surface area contributed by atoms with E-state index in [1.54, 1.807) is 0 Å². The van der Waals surface area contributed by atoms with E-state index in [-0.39, 0.29) is 0 Å². The lowest BCUT2D eigenvalue weighted by Gasteiger charge is -2.40. The third-order valence-corrected chi connectivity index (χ3v) is 5.63. The number of aliphatic imine (C=N–C) groups is 1. The molecule has 0 bridgehead atoms. The van der Waals surface area contributed by atoms with Gasteiger partial charge in [0.1, 0.15) is 0 Å². The number of hydrogen-bond acceptors (Lipinski definition) is 4. The van der Waals surface area contributed by atoms with Gasteiger partial charge in [-0.05, 0) is 24.1 Å². The predicted molar refractivity (Wildman–Crippen MR) is 116 cm³/mol. The minimum absolute atomic E-state index is 0.482. The van der Waals surface area contributed by atoms with Crippen LogP contribution in [-0.4, -0.2) is 63.6 Å². The minimum atomic E-state index is 0.482. The van der Waals surface area contributed by atoms with Gasteiger partial charge in [0.2, 0.25) is 0 Å². The van der Waals surface area contributed by atoms with Gasteiger partial charge in [-0.15, -0.1) is 10.2 Å². The van der Waals surface area contributed by atoms with Crippen LogP contribution in [0.1, 0.15) is 30.8 Å². The van der Waals surface area contributed by atoms with Gasteiger partial charge in [-0.2, -0.15) is 0 Å². The molecule has 0 radical (unpaired) electrons. The molecular formula is C22H29N7. The summed E-state index contributed by atoms with van der Waals surface area (Å²) >= 11 is 0.